The monoisotopic (exact) mass is 386 g/mol. The van der Waals surface area contributed by atoms with Crippen LogP contribution in [0, 0.1) is 17.3 Å². The van der Waals surface area contributed by atoms with Crippen molar-refractivity contribution in [2.24, 2.45) is 23.0 Å². The summed E-state index contributed by atoms with van der Waals surface area (Å²) in [5, 5.41) is 3.52. The molecule has 1 aromatic heterocycles. The summed E-state index contributed by atoms with van der Waals surface area (Å²) in [5.41, 5.74) is 6.87. The molecule has 2 amide bonds. The summed E-state index contributed by atoms with van der Waals surface area (Å²) in [7, 11) is 0. The Labute approximate surface area is 155 Å². The number of hydrogen-bond donors (Lipinski definition) is 2. The lowest BCUT2D eigenvalue weighted by molar-refractivity contribution is -0.118. The van der Waals surface area contributed by atoms with E-state index in [9.17, 15) is 9.59 Å². The highest BCUT2D eigenvalue weighted by Crippen LogP contribution is 2.60. The number of anilines is 1. The van der Waals surface area contributed by atoms with Crippen molar-refractivity contribution >= 4 is 51.4 Å². The van der Waals surface area contributed by atoms with E-state index >= 15 is 0 Å². The SMILES string of the molecule is CC1(C)[C@H](C=C(Cl)Cl)[C@H]1C(=O)Nc1sc2c(c1C(N)=O)CCCC2. The molecular formula is C17H20Cl2N2O2S. The highest BCUT2D eigenvalue weighted by molar-refractivity contribution is 7.17. The van der Waals surface area contributed by atoms with Crippen LogP contribution in [-0.2, 0) is 17.6 Å². The van der Waals surface area contributed by atoms with E-state index < -0.39 is 5.91 Å². The number of carbonyl (C=O) groups excluding carboxylic acids is 2. The van der Waals surface area contributed by atoms with Crippen molar-refractivity contribution in [3.8, 4) is 0 Å². The van der Waals surface area contributed by atoms with E-state index in [0.29, 0.717) is 10.6 Å². The average Bonchev–Trinajstić information content (AvgIpc) is 2.85. The fraction of sp³-hybridized carbons (Fsp3) is 0.529. The highest BCUT2D eigenvalue weighted by Gasteiger charge is 2.60. The van der Waals surface area contributed by atoms with Crippen LogP contribution in [0.25, 0.3) is 0 Å². The maximum Gasteiger partial charge on any atom is 0.251 e. The van der Waals surface area contributed by atoms with Gasteiger partial charge in [-0.3, -0.25) is 9.59 Å². The molecule has 0 saturated heterocycles. The number of primary amides is 1. The maximum absolute atomic E-state index is 12.7. The number of rotatable bonds is 4. The van der Waals surface area contributed by atoms with E-state index in [1.54, 1.807) is 6.08 Å². The molecule has 1 saturated carbocycles. The number of allylic oxidation sites excluding steroid dienone is 1. The van der Waals surface area contributed by atoms with Crippen molar-refractivity contribution in [2.45, 2.75) is 39.5 Å². The first kappa shape index (κ1) is 17.8. The third-order valence-corrected chi connectivity index (χ3v) is 6.61. The molecule has 0 aromatic carbocycles. The molecule has 1 heterocycles. The fourth-order valence-electron chi connectivity index (χ4n) is 3.73. The largest absolute Gasteiger partial charge is 0.365 e. The average molecular weight is 387 g/mol. The topological polar surface area (TPSA) is 72.2 Å². The normalized spacial score (nSPS) is 24.0. The molecule has 1 fully saturated rings. The number of nitrogens with two attached hydrogens (primary N) is 1. The minimum atomic E-state index is -0.472. The summed E-state index contributed by atoms with van der Waals surface area (Å²) in [4.78, 5) is 25.8. The summed E-state index contributed by atoms with van der Waals surface area (Å²) >= 11 is 13.0. The van der Waals surface area contributed by atoms with Crippen molar-refractivity contribution in [2.75, 3.05) is 5.32 Å². The fourth-order valence-corrected chi connectivity index (χ4v) is 5.30. The second-order valence-electron chi connectivity index (χ2n) is 7.05. The second-order valence-corrected chi connectivity index (χ2v) is 9.16. The van der Waals surface area contributed by atoms with Crippen LogP contribution in [0.15, 0.2) is 10.6 Å². The first-order chi connectivity index (χ1) is 11.2. The van der Waals surface area contributed by atoms with E-state index in [0.717, 1.165) is 31.2 Å². The van der Waals surface area contributed by atoms with Crippen LogP contribution in [-0.4, -0.2) is 11.8 Å². The summed E-state index contributed by atoms with van der Waals surface area (Å²) in [6, 6.07) is 0. The number of aryl methyl sites for hydroxylation is 1. The zero-order valence-electron chi connectivity index (χ0n) is 13.6. The van der Waals surface area contributed by atoms with Crippen LogP contribution >= 0.6 is 34.5 Å². The molecular weight excluding hydrogens is 367 g/mol. The molecule has 3 rings (SSSR count). The van der Waals surface area contributed by atoms with Crippen molar-refractivity contribution in [1.29, 1.82) is 0 Å². The Bertz CT molecular complexity index is 735. The van der Waals surface area contributed by atoms with E-state index in [-0.39, 0.29) is 27.6 Å². The molecule has 0 spiro atoms. The highest BCUT2D eigenvalue weighted by atomic mass is 35.5. The van der Waals surface area contributed by atoms with Gasteiger partial charge in [-0.25, -0.2) is 0 Å². The van der Waals surface area contributed by atoms with Gasteiger partial charge in [0, 0.05) is 4.88 Å². The van der Waals surface area contributed by atoms with E-state index in [1.165, 1.54) is 16.2 Å². The first-order valence-electron chi connectivity index (χ1n) is 8.01. The molecule has 1 aromatic rings. The molecule has 0 unspecified atom stereocenters. The van der Waals surface area contributed by atoms with Gasteiger partial charge in [0.15, 0.2) is 0 Å². The van der Waals surface area contributed by atoms with Crippen molar-refractivity contribution in [1.82, 2.24) is 0 Å². The first-order valence-corrected chi connectivity index (χ1v) is 9.58. The van der Waals surface area contributed by atoms with Gasteiger partial charge in [-0.15, -0.1) is 11.3 Å². The Kier molecular flexibility index (Phi) is 4.71. The van der Waals surface area contributed by atoms with Gasteiger partial charge in [-0.1, -0.05) is 37.0 Å². The zero-order chi connectivity index (χ0) is 17.6. The second kappa shape index (κ2) is 6.36. The molecule has 3 N–H and O–H groups in total. The van der Waals surface area contributed by atoms with E-state index in [4.69, 9.17) is 28.9 Å². The Balaban J connectivity index is 1.84. The van der Waals surface area contributed by atoms with Crippen molar-refractivity contribution in [3.63, 3.8) is 0 Å². The lowest BCUT2D eigenvalue weighted by atomic mass is 9.95. The van der Waals surface area contributed by atoms with Crippen molar-refractivity contribution in [3.05, 3.63) is 26.6 Å². The number of fused-ring (bicyclic) bond motifs is 1. The summed E-state index contributed by atoms with van der Waals surface area (Å²) in [6.07, 6.45) is 5.66. The number of nitrogens with one attached hydrogen (secondary N) is 1. The van der Waals surface area contributed by atoms with Crippen LogP contribution in [0.4, 0.5) is 5.00 Å². The van der Waals surface area contributed by atoms with Crippen LogP contribution in [0.5, 0.6) is 0 Å². The van der Waals surface area contributed by atoms with Gasteiger partial charge in [-0.2, -0.15) is 0 Å². The number of thiophene rings is 1. The van der Waals surface area contributed by atoms with Crippen LogP contribution in [0.2, 0.25) is 0 Å². The van der Waals surface area contributed by atoms with Gasteiger partial charge < -0.3 is 11.1 Å². The number of hydrogen-bond acceptors (Lipinski definition) is 3. The predicted molar refractivity (Wildman–Crippen MR) is 98.7 cm³/mol. The molecule has 2 atom stereocenters. The van der Waals surface area contributed by atoms with Gasteiger partial charge in [0.2, 0.25) is 5.91 Å². The van der Waals surface area contributed by atoms with Gasteiger partial charge in [0.05, 0.1) is 11.5 Å². The molecule has 130 valence electrons. The summed E-state index contributed by atoms with van der Waals surface area (Å²) in [5.74, 6) is -0.809. The van der Waals surface area contributed by atoms with E-state index in [2.05, 4.69) is 5.32 Å². The molecule has 7 heteroatoms. The molecule has 0 aliphatic heterocycles. The zero-order valence-corrected chi connectivity index (χ0v) is 15.9. The molecule has 4 nitrogen and oxygen atoms in total. The Hall–Kier alpha value is -1.04. The molecule has 2 aliphatic rings. The standard InChI is InChI=1S/C17H20Cl2N2O2S/c1-17(2)9(7-11(18)19)13(17)15(23)21-16-12(14(20)22)8-5-3-4-6-10(8)24-16/h7,9,13H,3-6H2,1-2H3,(H2,20,22)(H,21,23)/t9-,13+/m1/s1. The minimum absolute atomic E-state index is 0.00545. The molecule has 24 heavy (non-hydrogen) atoms. The minimum Gasteiger partial charge on any atom is -0.365 e. The Morgan fingerprint density at radius 2 is 1.96 bits per heavy atom. The third-order valence-electron chi connectivity index (χ3n) is 5.15. The Morgan fingerprint density at radius 3 is 2.58 bits per heavy atom. The molecule has 0 radical (unpaired) electrons. The third kappa shape index (κ3) is 3.09. The lowest BCUT2D eigenvalue weighted by Gasteiger charge is -2.11. The number of amides is 2. The maximum atomic E-state index is 12.7. The van der Waals surface area contributed by atoms with Crippen molar-refractivity contribution < 1.29 is 9.59 Å². The van der Waals surface area contributed by atoms with Gasteiger partial charge in [0.25, 0.3) is 5.91 Å². The molecule has 0 bridgehead atoms. The quantitative estimate of drug-likeness (QED) is 0.811. The van der Waals surface area contributed by atoms with E-state index in [1.807, 2.05) is 13.8 Å². The van der Waals surface area contributed by atoms with Crippen LogP contribution in [0.1, 0.15) is 47.5 Å². The lowest BCUT2D eigenvalue weighted by Crippen LogP contribution is -2.20. The summed E-state index contributed by atoms with van der Waals surface area (Å²) in [6.45, 7) is 4.01. The molecule has 2 aliphatic carbocycles. The smallest absolute Gasteiger partial charge is 0.251 e. The van der Waals surface area contributed by atoms with Gasteiger partial charge >= 0.3 is 0 Å². The number of carbonyl (C=O) groups is 2. The van der Waals surface area contributed by atoms with Gasteiger partial charge in [0.1, 0.15) is 9.49 Å². The Morgan fingerprint density at radius 1 is 1.29 bits per heavy atom. The van der Waals surface area contributed by atoms with Crippen LogP contribution in [0.3, 0.4) is 0 Å². The predicted octanol–water partition coefficient (Wildman–Crippen LogP) is 4.26. The number of halogens is 2. The summed E-state index contributed by atoms with van der Waals surface area (Å²) < 4.78 is 0.174. The van der Waals surface area contributed by atoms with Crippen LogP contribution < -0.4 is 11.1 Å². The van der Waals surface area contributed by atoms with Gasteiger partial charge in [-0.05, 0) is 48.7 Å².